The van der Waals surface area contributed by atoms with Gasteiger partial charge >= 0.3 is 0 Å². The molecule has 3 aromatic rings. The number of nitrogens with zero attached hydrogens (tertiary/aromatic N) is 2. The van der Waals surface area contributed by atoms with Crippen LogP contribution in [0.5, 0.6) is 0 Å². The van der Waals surface area contributed by atoms with Crippen molar-refractivity contribution >= 4 is 62.3 Å². The molecule has 2 amide bonds. The molecule has 1 atom stereocenters. The van der Waals surface area contributed by atoms with Crippen LogP contribution in [0.3, 0.4) is 0 Å². The third-order valence-corrected chi connectivity index (χ3v) is 8.58. The average Bonchev–Trinajstić information content (AvgIpc) is 2.90. The summed E-state index contributed by atoms with van der Waals surface area (Å²) in [6.07, 6.45) is 0.323. The second-order valence-electron chi connectivity index (χ2n) is 8.39. The molecule has 0 saturated heterocycles. The van der Waals surface area contributed by atoms with Gasteiger partial charge in [0.25, 0.3) is 10.0 Å². The van der Waals surface area contributed by atoms with E-state index >= 15 is 0 Å². The first-order chi connectivity index (χ1) is 18.1. The summed E-state index contributed by atoms with van der Waals surface area (Å²) in [6, 6.07) is 18.2. The van der Waals surface area contributed by atoms with Crippen molar-refractivity contribution < 1.29 is 18.0 Å². The highest BCUT2D eigenvalue weighted by Crippen LogP contribution is 2.31. The van der Waals surface area contributed by atoms with E-state index in [9.17, 15) is 18.0 Å². The number of likely N-dealkylation sites (N-methyl/N-ethyl adjacent to an activating group) is 1. The van der Waals surface area contributed by atoms with Gasteiger partial charge in [0, 0.05) is 18.1 Å². The maximum atomic E-state index is 13.9. The number of rotatable bonds is 11. The molecule has 38 heavy (non-hydrogen) atoms. The highest BCUT2D eigenvalue weighted by Gasteiger charge is 2.33. The number of hydrogen-bond donors (Lipinski definition) is 1. The zero-order valence-corrected chi connectivity index (χ0v) is 24.0. The molecule has 3 rings (SSSR count). The standard InChI is InChI=1S/C27H28Cl3N3O4S/c1-3-25(27(35)31-4-2)32(17-19-10-12-20(28)13-11-19)26(34)18-33(21-14-15-23(29)24(30)16-21)38(36,37)22-8-6-5-7-9-22/h5-16,25H,3-4,17-18H2,1-2H3,(H,31,35)/t25-/m1/s1. The number of anilines is 1. The van der Waals surface area contributed by atoms with E-state index < -0.39 is 28.5 Å². The quantitative estimate of drug-likeness (QED) is 0.304. The largest absolute Gasteiger partial charge is 0.355 e. The van der Waals surface area contributed by atoms with E-state index in [1.165, 1.54) is 35.2 Å². The molecule has 0 bridgehead atoms. The Morgan fingerprint density at radius 1 is 0.895 bits per heavy atom. The van der Waals surface area contributed by atoms with E-state index in [4.69, 9.17) is 34.8 Å². The van der Waals surface area contributed by atoms with E-state index in [0.717, 1.165) is 9.87 Å². The Kier molecular flexibility index (Phi) is 10.4. The Balaban J connectivity index is 2.06. The number of hydrogen-bond acceptors (Lipinski definition) is 4. The first-order valence-corrected chi connectivity index (χ1v) is 14.5. The van der Waals surface area contributed by atoms with Gasteiger partial charge in [-0.15, -0.1) is 0 Å². The van der Waals surface area contributed by atoms with Crippen molar-refractivity contribution in [2.45, 2.75) is 37.8 Å². The summed E-state index contributed by atoms with van der Waals surface area (Å²) >= 11 is 18.3. The summed E-state index contributed by atoms with van der Waals surface area (Å²) in [5.41, 5.74) is 0.895. The molecule has 0 heterocycles. The molecule has 0 aliphatic rings. The van der Waals surface area contributed by atoms with Crippen LogP contribution in [0.15, 0.2) is 77.7 Å². The first-order valence-electron chi connectivity index (χ1n) is 11.9. The third-order valence-electron chi connectivity index (χ3n) is 5.80. The third kappa shape index (κ3) is 7.20. The van der Waals surface area contributed by atoms with Gasteiger partial charge in [-0.3, -0.25) is 13.9 Å². The van der Waals surface area contributed by atoms with Gasteiger partial charge in [-0.1, -0.05) is 72.1 Å². The van der Waals surface area contributed by atoms with Crippen LogP contribution in [0.1, 0.15) is 25.8 Å². The van der Waals surface area contributed by atoms with E-state index in [1.54, 1.807) is 56.3 Å². The zero-order valence-electron chi connectivity index (χ0n) is 20.9. The topological polar surface area (TPSA) is 86.8 Å². The Morgan fingerprint density at radius 3 is 2.13 bits per heavy atom. The minimum absolute atomic E-state index is 0.00103. The van der Waals surface area contributed by atoms with Crippen molar-refractivity contribution in [2.75, 3.05) is 17.4 Å². The molecule has 0 aromatic heterocycles. The molecule has 0 unspecified atom stereocenters. The van der Waals surface area contributed by atoms with Crippen LogP contribution >= 0.6 is 34.8 Å². The molecule has 0 aliphatic heterocycles. The lowest BCUT2D eigenvalue weighted by molar-refractivity contribution is -0.140. The molecule has 7 nitrogen and oxygen atoms in total. The highest BCUT2D eigenvalue weighted by molar-refractivity contribution is 7.92. The van der Waals surface area contributed by atoms with Crippen molar-refractivity contribution in [1.82, 2.24) is 10.2 Å². The van der Waals surface area contributed by atoms with Gasteiger partial charge in [-0.2, -0.15) is 0 Å². The summed E-state index contributed by atoms with van der Waals surface area (Å²) < 4.78 is 28.5. The fourth-order valence-corrected chi connectivity index (χ4v) is 5.73. The van der Waals surface area contributed by atoms with Crippen LogP contribution in [0.25, 0.3) is 0 Å². The molecule has 0 spiro atoms. The van der Waals surface area contributed by atoms with Crippen LogP contribution in [-0.2, 0) is 26.2 Å². The minimum atomic E-state index is -4.19. The predicted molar refractivity (Wildman–Crippen MR) is 152 cm³/mol. The number of carbonyl (C=O) groups excluding carboxylic acids is 2. The number of halogens is 3. The Bertz CT molecular complexity index is 1370. The van der Waals surface area contributed by atoms with Gasteiger partial charge in [0.05, 0.1) is 20.6 Å². The minimum Gasteiger partial charge on any atom is -0.355 e. The van der Waals surface area contributed by atoms with Crippen molar-refractivity contribution in [3.8, 4) is 0 Å². The monoisotopic (exact) mass is 595 g/mol. The van der Waals surface area contributed by atoms with Gasteiger partial charge < -0.3 is 10.2 Å². The molecule has 11 heteroatoms. The van der Waals surface area contributed by atoms with E-state index in [1.807, 2.05) is 0 Å². The Hall–Kier alpha value is -2.78. The number of amides is 2. The second kappa shape index (κ2) is 13.3. The second-order valence-corrected chi connectivity index (χ2v) is 11.5. The molecule has 202 valence electrons. The number of sulfonamides is 1. The maximum absolute atomic E-state index is 13.9. The lowest BCUT2D eigenvalue weighted by Crippen LogP contribution is -2.52. The average molecular weight is 597 g/mol. The van der Waals surface area contributed by atoms with Gasteiger partial charge in [-0.25, -0.2) is 8.42 Å². The smallest absolute Gasteiger partial charge is 0.264 e. The van der Waals surface area contributed by atoms with Gasteiger partial charge in [0.2, 0.25) is 11.8 Å². The lowest BCUT2D eigenvalue weighted by atomic mass is 10.1. The number of nitrogens with one attached hydrogen (secondary N) is 1. The van der Waals surface area contributed by atoms with Crippen LogP contribution in [-0.4, -0.2) is 44.3 Å². The summed E-state index contributed by atoms with van der Waals surface area (Å²) in [7, 11) is -4.19. The zero-order chi connectivity index (χ0) is 27.9. The molecule has 0 radical (unpaired) electrons. The van der Waals surface area contributed by atoms with Crippen LogP contribution < -0.4 is 9.62 Å². The van der Waals surface area contributed by atoms with Crippen LogP contribution in [0, 0.1) is 0 Å². The van der Waals surface area contributed by atoms with E-state index in [2.05, 4.69) is 5.32 Å². The normalized spacial score (nSPS) is 12.0. The summed E-state index contributed by atoms with van der Waals surface area (Å²) in [5.74, 6) is -0.895. The van der Waals surface area contributed by atoms with Gasteiger partial charge in [0.15, 0.2) is 0 Å². The SMILES string of the molecule is CCNC(=O)[C@@H](CC)N(Cc1ccc(Cl)cc1)C(=O)CN(c1ccc(Cl)c(Cl)c1)S(=O)(=O)c1ccccc1. The maximum Gasteiger partial charge on any atom is 0.264 e. The van der Waals surface area contributed by atoms with E-state index in [0.29, 0.717) is 18.0 Å². The van der Waals surface area contributed by atoms with Crippen LogP contribution in [0.4, 0.5) is 5.69 Å². The summed E-state index contributed by atoms with van der Waals surface area (Å²) in [5, 5.41) is 3.67. The van der Waals surface area contributed by atoms with Crippen molar-refractivity contribution in [2.24, 2.45) is 0 Å². The summed E-state index contributed by atoms with van der Waals surface area (Å²) in [4.78, 5) is 28.2. The fraction of sp³-hybridized carbons (Fsp3) is 0.259. The van der Waals surface area contributed by atoms with Crippen molar-refractivity contribution in [3.63, 3.8) is 0 Å². The molecule has 1 N–H and O–H groups in total. The molecule has 3 aromatic carbocycles. The molecule has 0 fully saturated rings. The molecule has 0 aliphatic carbocycles. The van der Waals surface area contributed by atoms with Crippen molar-refractivity contribution in [3.05, 3.63) is 93.4 Å². The van der Waals surface area contributed by atoms with Gasteiger partial charge in [0.1, 0.15) is 12.6 Å². The Labute approximate surface area is 238 Å². The number of carbonyl (C=O) groups is 2. The predicted octanol–water partition coefficient (Wildman–Crippen LogP) is 5.79. The highest BCUT2D eigenvalue weighted by atomic mass is 35.5. The molecule has 0 saturated carbocycles. The van der Waals surface area contributed by atoms with Crippen molar-refractivity contribution in [1.29, 1.82) is 0 Å². The summed E-state index contributed by atoms with van der Waals surface area (Å²) in [6.45, 7) is 3.47. The first kappa shape index (κ1) is 29.8. The lowest BCUT2D eigenvalue weighted by Gasteiger charge is -2.33. The number of benzene rings is 3. The van der Waals surface area contributed by atoms with Crippen LogP contribution in [0.2, 0.25) is 15.1 Å². The molecular formula is C27H28Cl3N3O4S. The molecular weight excluding hydrogens is 569 g/mol. The van der Waals surface area contributed by atoms with Gasteiger partial charge in [-0.05, 0) is 61.4 Å². The fourth-order valence-electron chi connectivity index (χ4n) is 3.89. The van der Waals surface area contributed by atoms with E-state index in [-0.39, 0.29) is 33.1 Å². The Morgan fingerprint density at radius 2 is 1.55 bits per heavy atom.